The van der Waals surface area contributed by atoms with Crippen molar-refractivity contribution in [3.05, 3.63) is 48.1 Å². The van der Waals surface area contributed by atoms with Crippen LogP contribution in [0.15, 0.2) is 45.8 Å². The van der Waals surface area contributed by atoms with Crippen LogP contribution in [0.25, 0.3) is 11.0 Å². The van der Waals surface area contributed by atoms with Gasteiger partial charge in [-0.05, 0) is 31.0 Å². The lowest BCUT2D eigenvalue weighted by Gasteiger charge is -2.34. The van der Waals surface area contributed by atoms with E-state index in [0.717, 1.165) is 12.3 Å². The highest BCUT2D eigenvalue weighted by atomic mass is 32.2. The molecule has 2 aliphatic rings. The van der Waals surface area contributed by atoms with Crippen LogP contribution in [0.2, 0.25) is 0 Å². The highest BCUT2D eigenvalue weighted by Crippen LogP contribution is 2.64. The minimum atomic E-state index is -4.28. The van der Waals surface area contributed by atoms with Crippen molar-refractivity contribution in [2.45, 2.75) is 30.1 Å². The van der Waals surface area contributed by atoms with E-state index in [9.17, 15) is 26.4 Å². The quantitative estimate of drug-likeness (QED) is 0.365. The van der Waals surface area contributed by atoms with Gasteiger partial charge in [-0.3, -0.25) is 14.7 Å². The maximum absolute atomic E-state index is 14.0. The van der Waals surface area contributed by atoms with Crippen molar-refractivity contribution in [1.29, 1.82) is 0 Å². The van der Waals surface area contributed by atoms with Crippen LogP contribution in [0.4, 0.5) is 24.7 Å². The molecule has 1 amide bonds. The highest BCUT2D eigenvalue weighted by Gasteiger charge is 2.71. The van der Waals surface area contributed by atoms with Gasteiger partial charge in [-0.25, -0.2) is 32.1 Å². The molecular formula is C21H19F3N4O5S. The monoisotopic (exact) mass is 496 g/mol. The molecule has 0 radical (unpaired) electrons. The SMILES string of the molecule is O=C(NO)c1cc2ccc(S(=O)(=O)Nc3cc(F)cnc3N3CCCC4(C3)CC4(F)F)cc2o1. The van der Waals surface area contributed by atoms with Gasteiger partial charge in [-0.2, -0.15) is 0 Å². The lowest BCUT2D eigenvalue weighted by atomic mass is 9.94. The van der Waals surface area contributed by atoms with E-state index in [0.29, 0.717) is 24.8 Å². The summed E-state index contributed by atoms with van der Waals surface area (Å²) in [5, 5.41) is 9.15. The van der Waals surface area contributed by atoms with Gasteiger partial charge in [0.25, 0.3) is 15.9 Å². The summed E-state index contributed by atoms with van der Waals surface area (Å²) >= 11 is 0. The van der Waals surface area contributed by atoms with E-state index in [1.54, 1.807) is 4.90 Å². The van der Waals surface area contributed by atoms with Gasteiger partial charge in [0.15, 0.2) is 11.6 Å². The van der Waals surface area contributed by atoms with E-state index in [1.165, 1.54) is 29.7 Å². The second-order valence-electron chi connectivity index (χ2n) is 8.57. The van der Waals surface area contributed by atoms with E-state index in [-0.39, 0.29) is 40.7 Å². The molecular weight excluding hydrogens is 477 g/mol. The normalized spacial score (nSPS) is 21.6. The van der Waals surface area contributed by atoms with E-state index in [1.807, 2.05) is 0 Å². The Hall–Kier alpha value is -3.32. The summed E-state index contributed by atoms with van der Waals surface area (Å²) in [7, 11) is -4.28. The maximum atomic E-state index is 14.0. The summed E-state index contributed by atoms with van der Waals surface area (Å²) in [6.45, 7) is 0.362. The van der Waals surface area contributed by atoms with Crippen LogP contribution in [-0.4, -0.2) is 43.5 Å². The van der Waals surface area contributed by atoms with Gasteiger partial charge in [-0.1, -0.05) is 0 Å². The number of amides is 1. The number of rotatable bonds is 5. The Kier molecular flexibility index (Phi) is 5.02. The Balaban J connectivity index is 1.46. The van der Waals surface area contributed by atoms with Crippen LogP contribution in [0.3, 0.4) is 0 Å². The van der Waals surface area contributed by atoms with Crippen LogP contribution in [0.5, 0.6) is 0 Å². The van der Waals surface area contributed by atoms with Crippen molar-refractivity contribution in [2.24, 2.45) is 5.41 Å². The molecule has 1 aromatic carbocycles. The number of halogens is 3. The molecule has 1 saturated carbocycles. The number of fused-ring (bicyclic) bond motifs is 1. The summed E-state index contributed by atoms with van der Waals surface area (Å²) < 4.78 is 75.6. The van der Waals surface area contributed by atoms with Crippen molar-refractivity contribution in [3.8, 4) is 0 Å². The zero-order valence-electron chi connectivity index (χ0n) is 17.5. The third kappa shape index (κ3) is 3.74. The number of alkyl halides is 2. The highest BCUT2D eigenvalue weighted by molar-refractivity contribution is 7.92. The molecule has 1 aliphatic heterocycles. The first kappa shape index (κ1) is 22.5. The summed E-state index contributed by atoms with van der Waals surface area (Å²) in [4.78, 5) is 16.8. The molecule has 1 atom stereocenters. The average molecular weight is 496 g/mol. The van der Waals surface area contributed by atoms with Gasteiger partial charge in [0.2, 0.25) is 0 Å². The van der Waals surface area contributed by atoms with Gasteiger partial charge >= 0.3 is 5.91 Å². The molecule has 1 unspecified atom stereocenters. The fourth-order valence-electron chi connectivity index (χ4n) is 4.44. The number of nitrogens with zero attached hydrogens (tertiary/aromatic N) is 2. The molecule has 3 N–H and O–H groups in total. The predicted octanol–water partition coefficient (Wildman–Crippen LogP) is 3.51. The van der Waals surface area contributed by atoms with Crippen LogP contribution < -0.4 is 15.1 Å². The largest absolute Gasteiger partial charge is 0.451 e. The van der Waals surface area contributed by atoms with Crippen LogP contribution >= 0.6 is 0 Å². The predicted molar refractivity (Wildman–Crippen MR) is 114 cm³/mol. The lowest BCUT2D eigenvalue weighted by Crippen LogP contribution is -2.40. The number of hydrogen-bond donors (Lipinski definition) is 3. The summed E-state index contributed by atoms with van der Waals surface area (Å²) in [5.41, 5.74) is 0.137. The number of anilines is 2. The molecule has 3 aromatic rings. The number of piperidine rings is 1. The van der Waals surface area contributed by atoms with Gasteiger partial charge in [0.1, 0.15) is 11.4 Å². The Morgan fingerprint density at radius 3 is 2.71 bits per heavy atom. The van der Waals surface area contributed by atoms with Crippen molar-refractivity contribution in [2.75, 3.05) is 22.7 Å². The first-order chi connectivity index (χ1) is 16.0. The van der Waals surface area contributed by atoms with Crippen molar-refractivity contribution < 1.29 is 36.0 Å². The molecule has 0 bridgehead atoms. The molecule has 1 spiro atoms. The molecule has 5 rings (SSSR count). The van der Waals surface area contributed by atoms with E-state index in [4.69, 9.17) is 9.62 Å². The number of aromatic nitrogens is 1. The second-order valence-corrected chi connectivity index (χ2v) is 10.3. The van der Waals surface area contributed by atoms with Crippen molar-refractivity contribution >= 4 is 38.4 Å². The number of hydroxylamine groups is 1. The molecule has 9 nitrogen and oxygen atoms in total. The average Bonchev–Trinajstić information content (AvgIpc) is 3.10. The van der Waals surface area contributed by atoms with Crippen LogP contribution in [-0.2, 0) is 10.0 Å². The molecule has 1 aliphatic carbocycles. The van der Waals surface area contributed by atoms with E-state index >= 15 is 0 Å². The molecule has 2 aromatic heterocycles. The maximum Gasteiger partial charge on any atom is 0.310 e. The summed E-state index contributed by atoms with van der Waals surface area (Å²) in [5.74, 6) is -4.66. The number of pyridine rings is 1. The molecule has 2 fully saturated rings. The van der Waals surface area contributed by atoms with Crippen molar-refractivity contribution in [1.82, 2.24) is 10.5 Å². The number of hydrogen-bond acceptors (Lipinski definition) is 7. The smallest absolute Gasteiger partial charge is 0.310 e. The summed E-state index contributed by atoms with van der Waals surface area (Å²) in [6.07, 6.45) is 1.50. The number of nitrogens with one attached hydrogen (secondary N) is 2. The van der Waals surface area contributed by atoms with Gasteiger partial charge in [0, 0.05) is 37.0 Å². The Morgan fingerprint density at radius 2 is 2.00 bits per heavy atom. The fraction of sp³-hybridized carbons (Fsp3) is 0.333. The van der Waals surface area contributed by atoms with Crippen LogP contribution in [0.1, 0.15) is 29.8 Å². The van der Waals surface area contributed by atoms with E-state index < -0.39 is 33.1 Å². The third-order valence-electron chi connectivity index (χ3n) is 6.29. The zero-order valence-corrected chi connectivity index (χ0v) is 18.3. The van der Waals surface area contributed by atoms with E-state index in [2.05, 4.69) is 9.71 Å². The Labute approximate surface area is 191 Å². The number of sulfonamides is 1. The standard InChI is InChI=1S/C21H19F3N4O5S/c22-13-7-15(18(25-9-13)28-5-1-4-20(11-28)10-21(20,23)24)27-34(31,32)14-3-2-12-6-17(19(29)26-30)33-16(12)8-14/h2-3,6-9,27,30H,1,4-5,10-11H2,(H,26,29). The van der Waals surface area contributed by atoms with Gasteiger partial charge in [0.05, 0.1) is 22.2 Å². The molecule has 1 saturated heterocycles. The molecule has 13 heteroatoms. The first-order valence-corrected chi connectivity index (χ1v) is 11.8. The van der Waals surface area contributed by atoms with Gasteiger partial charge < -0.3 is 9.32 Å². The summed E-state index contributed by atoms with van der Waals surface area (Å²) in [6, 6.07) is 6.09. The first-order valence-electron chi connectivity index (χ1n) is 10.3. The number of benzene rings is 1. The second kappa shape index (κ2) is 7.60. The molecule has 34 heavy (non-hydrogen) atoms. The molecule has 3 heterocycles. The minimum Gasteiger partial charge on any atom is -0.451 e. The third-order valence-corrected chi connectivity index (χ3v) is 7.66. The Bertz CT molecular complexity index is 1410. The zero-order chi connectivity index (χ0) is 24.3. The Morgan fingerprint density at radius 1 is 1.24 bits per heavy atom. The number of carbonyl (C=O) groups excluding carboxylic acids is 1. The van der Waals surface area contributed by atoms with Crippen molar-refractivity contribution in [3.63, 3.8) is 0 Å². The number of carbonyl (C=O) groups is 1. The fourth-order valence-corrected chi connectivity index (χ4v) is 5.51. The lowest BCUT2D eigenvalue weighted by molar-refractivity contribution is 0.0574. The number of furan rings is 1. The minimum absolute atomic E-state index is 0.0125. The van der Waals surface area contributed by atoms with Crippen LogP contribution in [0, 0.1) is 11.2 Å². The molecule has 180 valence electrons. The topological polar surface area (TPSA) is 125 Å². The van der Waals surface area contributed by atoms with Gasteiger partial charge in [-0.15, -0.1) is 0 Å².